The van der Waals surface area contributed by atoms with Crippen LogP contribution < -0.4 is 11.3 Å². The lowest BCUT2D eigenvalue weighted by molar-refractivity contribution is -0.384. The van der Waals surface area contributed by atoms with Crippen LogP contribution in [-0.2, 0) is 13.1 Å². The Labute approximate surface area is 127 Å². The zero-order chi connectivity index (χ0) is 15.2. The van der Waals surface area contributed by atoms with E-state index < -0.39 is 0 Å². The first kappa shape index (κ1) is 15.4. The molecule has 0 aliphatic heterocycles. The van der Waals surface area contributed by atoms with E-state index in [1.54, 1.807) is 23.5 Å². The summed E-state index contributed by atoms with van der Waals surface area (Å²) in [5, 5.41) is 13.0. The standard InChI is InChI=1S/C14H18N4O2S/c1-2-17(10-13-4-3-7-21-13)9-11-8-12(18(19)20)5-6-14(11)16-15/h3-8,16H,2,9-10,15H2,1H3. The summed E-state index contributed by atoms with van der Waals surface area (Å²) in [5.74, 6) is 5.49. The van der Waals surface area contributed by atoms with E-state index in [1.165, 1.54) is 10.9 Å². The minimum absolute atomic E-state index is 0.0798. The maximum Gasteiger partial charge on any atom is 0.269 e. The molecule has 7 heteroatoms. The Balaban J connectivity index is 2.18. The van der Waals surface area contributed by atoms with Gasteiger partial charge in [0.1, 0.15) is 0 Å². The number of rotatable bonds is 7. The fourth-order valence-corrected chi connectivity index (χ4v) is 2.85. The second kappa shape index (κ2) is 7.16. The van der Waals surface area contributed by atoms with Crippen LogP contribution in [0, 0.1) is 10.1 Å². The summed E-state index contributed by atoms with van der Waals surface area (Å²) < 4.78 is 0. The molecule has 2 rings (SSSR count). The van der Waals surface area contributed by atoms with Crippen LogP contribution in [0.3, 0.4) is 0 Å². The van der Waals surface area contributed by atoms with Crippen LogP contribution in [0.4, 0.5) is 11.4 Å². The lowest BCUT2D eigenvalue weighted by atomic mass is 10.1. The zero-order valence-corrected chi connectivity index (χ0v) is 12.6. The third kappa shape index (κ3) is 4.01. The minimum atomic E-state index is -0.390. The molecule has 0 unspecified atom stereocenters. The van der Waals surface area contributed by atoms with Gasteiger partial charge in [0, 0.05) is 30.1 Å². The van der Waals surface area contributed by atoms with E-state index in [2.05, 4.69) is 23.3 Å². The molecule has 0 saturated heterocycles. The molecule has 1 heterocycles. The van der Waals surface area contributed by atoms with Gasteiger partial charge >= 0.3 is 0 Å². The van der Waals surface area contributed by atoms with Gasteiger partial charge < -0.3 is 5.43 Å². The second-order valence-electron chi connectivity index (χ2n) is 4.63. The van der Waals surface area contributed by atoms with Crippen molar-refractivity contribution in [2.75, 3.05) is 12.0 Å². The van der Waals surface area contributed by atoms with Crippen molar-refractivity contribution in [3.8, 4) is 0 Å². The molecule has 0 amide bonds. The Morgan fingerprint density at radius 2 is 2.19 bits per heavy atom. The molecule has 1 aromatic carbocycles. The van der Waals surface area contributed by atoms with E-state index in [-0.39, 0.29) is 10.6 Å². The monoisotopic (exact) mass is 306 g/mol. The number of non-ortho nitro benzene ring substituents is 1. The predicted molar refractivity (Wildman–Crippen MR) is 85.0 cm³/mol. The van der Waals surface area contributed by atoms with Gasteiger partial charge in [-0.2, -0.15) is 0 Å². The summed E-state index contributed by atoms with van der Waals surface area (Å²) in [5.41, 5.74) is 4.22. The maximum absolute atomic E-state index is 10.9. The number of nitro groups is 1. The number of nitrogens with zero attached hydrogens (tertiary/aromatic N) is 2. The fraction of sp³-hybridized carbons (Fsp3) is 0.286. The van der Waals surface area contributed by atoms with Gasteiger partial charge in [-0.05, 0) is 29.6 Å². The first-order chi connectivity index (χ1) is 10.1. The third-order valence-corrected chi connectivity index (χ3v) is 4.12. The number of benzene rings is 1. The smallest absolute Gasteiger partial charge is 0.269 e. The van der Waals surface area contributed by atoms with Crippen LogP contribution in [0.1, 0.15) is 17.4 Å². The molecular weight excluding hydrogens is 288 g/mol. The van der Waals surface area contributed by atoms with Crippen molar-refractivity contribution in [1.29, 1.82) is 0 Å². The maximum atomic E-state index is 10.9. The highest BCUT2D eigenvalue weighted by Crippen LogP contribution is 2.24. The third-order valence-electron chi connectivity index (χ3n) is 3.26. The van der Waals surface area contributed by atoms with Gasteiger partial charge in [-0.3, -0.25) is 20.9 Å². The minimum Gasteiger partial charge on any atom is -0.324 e. The lowest BCUT2D eigenvalue weighted by Crippen LogP contribution is -2.23. The highest BCUT2D eigenvalue weighted by molar-refractivity contribution is 7.09. The van der Waals surface area contributed by atoms with E-state index in [4.69, 9.17) is 5.84 Å². The van der Waals surface area contributed by atoms with E-state index in [1.807, 2.05) is 11.4 Å². The first-order valence-corrected chi connectivity index (χ1v) is 7.50. The number of thiophene rings is 1. The number of nitro benzene ring substituents is 1. The number of nitrogens with one attached hydrogen (secondary N) is 1. The molecule has 3 N–H and O–H groups in total. The zero-order valence-electron chi connectivity index (χ0n) is 11.8. The molecule has 1 aromatic heterocycles. The SMILES string of the molecule is CCN(Cc1cccs1)Cc1cc([N+](=O)[O-])ccc1NN. The van der Waals surface area contributed by atoms with Gasteiger partial charge in [0.2, 0.25) is 0 Å². The molecule has 0 saturated carbocycles. The van der Waals surface area contributed by atoms with Crippen LogP contribution in [0.2, 0.25) is 0 Å². The fourth-order valence-electron chi connectivity index (χ4n) is 2.11. The van der Waals surface area contributed by atoms with Crippen LogP contribution in [0.15, 0.2) is 35.7 Å². The van der Waals surface area contributed by atoms with Crippen LogP contribution in [0.25, 0.3) is 0 Å². The predicted octanol–water partition coefficient (Wildman–Crippen LogP) is 2.96. The van der Waals surface area contributed by atoms with Crippen LogP contribution in [0.5, 0.6) is 0 Å². The highest BCUT2D eigenvalue weighted by atomic mass is 32.1. The number of hydrogen-bond acceptors (Lipinski definition) is 6. The summed E-state index contributed by atoms with van der Waals surface area (Å²) in [6.45, 7) is 4.35. The number of nitrogens with two attached hydrogens (primary N) is 1. The van der Waals surface area contributed by atoms with Gasteiger partial charge in [0.05, 0.1) is 10.6 Å². The Hall–Kier alpha value is -1.96. The summed E-state index contributed by atoms with van der Waals surface area (Å²) in [6, 6.07) is 8.78. The van der Waals surface area contributed by atoms with Gasteiger partial charge in [0.25, 0.3) is 5.69 Å². The topological polar surface area (TPSA) is 84.4 Å². The lowest BCUT2D eigenvalue weighted by Gasteiger charge is -2.21. The normalized spacial score (nSPS) is 10.8. The summed E-state index contributed by atoms with van der Waals surface area (Å²) in [7, 11) is 0. The average molecular weight is 306 g/mol. The van der Waals surface area contributed by atoms with Gasteiger partial charge in [-0.25, -0.2) is 0 Å². The van der Waals surface area contributed by atoms with Crippen LogP contribution >= 0.6 is 11.3 Å². The Morgan fingerprint density at radius 3 is 2.76 bits per heavy atom. The summed E-state index contributed by atoms with van der Waals surface area (Å²) in [6.07, 6.45) is 0. The van der Waals surface area contributed by atoms with Crippen molar-refractivity contribution in [2.45, 2.75) is 20.0 Å². The molecule has 0 fully saturated rings. The highest BCUT2D eigenvalue weighted by Gasteiger charge is 2.13. The van der Waals surface area contributed by atoms with Crippen molar-refractivity contribution in [2.24, 2.45) is 5.84 Å². The quantitative estimate of drug-likeness (QED) is 0.467. The second-order valence-corrected chi connectivity index (χ2v) is 5.66. The Kier molecular flexibility index (Phi) is 5.26. The van der Waals surface area contributed by atoms with Crippen molar-refractivity contribution >= 4 is 22.7 Å². The van der Waals surface area contributed by atoms with E-state index in [0.717, 1.165) is 18.7 Å². The van der Waals surface area contributed by atoms with Crippen molar-refractivity contribution in [3.05, 3.63) is 56.3 Å². The molecule has 0 radical (unpaired) electrons. The molecule has 2 aromatic rings. The van der Waals surface area contributed by atoms with E-state index in [0.29, 0.717) is 12.2 Å². The molecule has 21 heavy (non-hydrogen) atoms. The van der Waals surface area contributed by atoms with Crippen molar-refractivity contribution in [1.82, 2.24) is 4.90 Å². The molecule has 6 nitrogen and oxygen atoms in total. The molecule has 112 valence electrons. The molecule has 0 bridgehead atoms. The number of hydrogen-bond donors (Lipinski definition) is 2. The van der Waals surface area contributed by atoms with Crippen LogP contribution in [-0.4, -0.2) is 16.4 Å². The first-order valence-electron chi connectivity index (χ1n) is 6.62. The molecular formula is C14H18N4O2S. The number of hydrazine groups is 1. The summed E-state index contributed by atoms with van der Waals surface area (Å²) in [4.78, 5) is 14.0. The molecule has 0 atom stereocenters. The van der Waals surface area contributed by atoms with Gasteiger partial charge in [0.15, 0.2) is 0 Å². The molecule has 0 spiro atoms. The Morgan fingerprint density at radius 1 is 1.38 bits per heavy atom. The van der Waals surface area contributed by atoms with E-state index in [9.17, 15) is 10.1 Å². The van der Waals surface area contributed by atoms with Gasteiger partial charge in [-0.15, -0.1) is 11.3 Å². The van der Waals surface area contributed by atoms with Crippen molar-refractivity contribution < 1.29 is 4.92 Å². The number of nitrogen functional groups attached to an aromatic ring is 1. The van der Waals surface area contributed by atoms with E-state index >= 15 is 0 Å². The largest absolute Gasteiger partial charge is 0.324 e. The van der Waals surface area contributed by atoms with Crippen molar-refractivity contribution in [3.63, 3.8) is 0 Å². The summed E-state index contributed by atoms with van der Waals surface area (Å²) >= 11 is 1.70. The average Bonchev–Trinajstić information content (AvgIpc) is 2.99. The Bertz CT molecular complexity index is 601. The molecule has 0 aliphatic carbocycles. The molecule has 0 aliphatic rings. The number of anilines is 1. The van der Waals surface area contributed by atoms with Gasteiger partial charge in [-0.1, -0.05) is 13.0 Å².